The van der Waals surface area contributed by atoms with Crippen molar-refractivity contribution in [1.29, 1.82) is 0 Å². The van der Waals surface area contributed by atoms with Gasteiger partial charge in [0.15, 0.2) is 6.61 Å². The zero-order valence-electron chi connectivity index (χ0n) is 15.5. The summed E-state index contributed by atoms with van der Waals surface area (Å²) in [7, 11) is 0. The van der Waals surface area contributed by atoms with Gasteiger partial charge in [0.2, 0.25) is 5.91 Å². The van der Waals surface area contributed by atoms with Crippen molar-refractivity contribution in [1.82, 2.24) is 5.32 Å². The lowest BCUT2D eigenvalue weighted by Gasteiger charge is -2.29. The summed E-state index contributed by atoms with van der Waals surface area (Å²) in [5.41, 5.74) is 0.890. The Hall–Kier alpha value is -3.42. The van der Waals surface area contributed by atoms with E-state index in [0.717, 1.165) is 0 Å². The Balaban J connectivity index is 1.84. The fourth-order valence-corrected chi connectivity index (χ4v) is 2.80. The van der Waals surface area contributed by atoms with E-state index in [2.05, 4.69) is 10.6 Å². The van der Waals surface area contributed by atoms with Crippen LogP contribution in [0.3, 0.4) is 0 Å². The van der Waals surface area contributed by atoms with Gasteiger partial charge in [-0.25, -0.2) is 4.39 Å². The molecule has 1 aliphatic rings. The maximum Gasteiger partial charge on any atom is 0.265 e. The Morgan fingerprint density at radius 2 is 2.00 bits per heavy atom. The molecule has 0 radical (unpaired) electrons. The van der Waals surface area contributed by atoms with E-state index >= 15 is 0 Å². The molecule has 0 atom stereocenters. The van der Waals surface area contributed by atoms with Crippen LogP contribution in [0.15, 0.2) is 42.5 Å². The van der Waals surface area contributed by atoms with Gasteiger partial charge < -0.3 is 15.4 Å². The molecule has 0 bridgehead atoms. The van der Waals surface area contributed by atoms with Gasteiger partial charge in [0.05, 0.1) is 5.69 Å². The van der Waals surface area contributed by atoms with Crippen molar-refractivity contribution in [2.75, 3.05) is 23.4 Å². The second kappa shape index (κ2) is 8.08. The number of rotatable bonds is 5. The van der Waals surface area contributed by atoms with Crippen LogP contribution in [0.2, 0.25) is 0 Å². The lowest BCUT2D eigenvalue weighted by molar-refractivity contribution is -0.125. The fourth-order valence-electron chi connectivity index (χ4n) is 2.80. The second-order valence-electron chi connectivity index (χ2n) is 6.64. The molecule has 0 fully saturated rings. The molecule has 0 aromatic heterocycles. The third-order valence-corrected chi connectivity index (χ3v) is 4.00. The van der Waals surface area contributed by atoms with Gasteiger partial charge in [-0.3, -0.25) is 19.3 Å². The Bertz CT molecular complexity index is 929. The number of anilines is 2. The number of benzene rings is 2. The summed E-state index contributed by atoms with van der Waals surface area (Å²) in [6.45, 7) is 3.28. The van der Waals surface area contributed by atoms with Crippen LogP contribution in [0.25, 0.3) is 0 Å². The van der Waals surface area contributed by atoms with Crippen molar-refractivity contribution in [2.24, 2.45) is 0 Å². The normalized spacial score (nSPS) is 13.0. The summed E-state index contributed by atoms with van der Waals surface area (Å²) in [5.74, 6) is -1.23. The minimum Gasteiger partial charge on any atom is -0.482 e. The first-order valence-corrected chi connectivity index (χ1v) is 8.77. The van der Waals surface area contributed by atoms with Gasteiger partial charge in [-0.1, -0.05) is 6.07 Å². The first-order chi connectivity index (χ1) is 13.3. The monoisotopic (exact) mass is 385 g/mol. The van der Waals surface area contributed by atoms with E-state index in [1.807, 2.05) is 13.8 Å². The zero-order chi connectivity index (χ0) is 20.3. The van der Waals surface area contributed by atoms with Gasteiger partial charge in [0.25, 0.3) is 11.8 Å². The van der Waals surface area contributed by atoms with Crippen molar-refractivity contribution in [3.05, 3.63) is 53.8 Å². The lowest BCUT2D eigenvalue weighted by atomic mass is 10.1. The van der Waals surface area contributed by atoms with Crippen LogP contribution < -0.4 is 20.3 Å². The summed E-state index contributed by atoms with van der Waals surface area (Å²) in [6.07, 6.45) is 0. The van der Waals surface area contributed by atoms with Gasteiger partial charge in [0.1, 0.15) is 18.1 Å². The van der Waals surface area contributed by atoms with Crippen LogP contribution in [-0.4, -0.2) is 36.9 Å². The van der Waals surface area contributed by atoms with Crippen LogP contribution in [0, 0.1) is 5.82 Å². The molecule has 2 aromatic carbocycles. The number of ether oxygens (including phenoxy) is 1. The van der Waals surface area contributed by atoms with Crippen molar-refractivity contribution in [3.8, 4) is 5.75 Å². The van der Waals surface area contributed by atoms with Crippen molar-refractivity contribution >= 4 is 29.1 Å². The number of hydrogen-bond acceptors (Lipinski definition) is 4. The molecule has 1 heterocycles. The highest BCUT2D eigenvalue weighted by Gasteiger charge is 2.28. The summed E-state index contributed by atoms with van der Waals surface area (Å²) < 4.78 is 18.7. The summed E-state index contributed by atoms with van der Waals surface area (Å²) in [6, 6.07) is 10.0. The lowest BCUT2D eigenvalue weighted by Crippen LogP contribution is -2.46. The van der Waals surface area contributed by atoms with Crippen LogP contribution in [0.5, 0.6) is 5.75 Å². The van der Waals surface area contributed by atoms with Gasteiger partial charge in [-0.2, -0.15) is 0 Å². The van der Waals surface area contributed by atoms with Gasteiger partial charge in [-0.15, -0.1) is 0 Å². The SMILES string of the molecule is CC(C)NC(=O)CN1C(=O)COc2ccc(C(=O)Nc3cccc(F)c3)cc21. The molecule has 7 nitrogen and oxygen atoms in total. The summed E-state index contributed by atoms with van der Waals surface area (Å²) in [4.78, 5) is 38.2. The van der Waals surface area contributed by atoms with E-state index in [0.29, 0.717) is 17.1 Å². The van der Waals surface area contributed by atoms with E-state index < -0.39 is 11.7 Å². The molecule has 0 saturated heterocycles. The van der Waals surface area contributed by atoms with E-state index in [9.17, 15) is 18.8 Å². The highest BCUT2D eigenvalue weighted by molar-refractivity contribution is 6.07. The third-order valence-electron chi connectivity index (χ3n) is 4.00. The minimum atomic E-state index is -0.474. The number of nitrogens with zero attached hydrogens (tertiary/aromatic N) is 1. The van der Waals surface area contributed by atoms with Crippen molar-refractivity contribution < 1.29 is 23.5 Å². The van der Waals surface area contributed by atoms with Crippen molar-refractivity contribution in [3.63, 3.8) is 0 Å². The van der Waals surface area contributed by atoms with Gasteiger partial charge in [-0.05, 0) is 50.2 Å². The average Bonchev–Trinajstić information content (AvgIpc) is 2.63. The zero-order valence-corrected chi connectivity index (χ0v) is 15.5. The molecule has 3 rings (SSSR count). The first-order valence-electron chi connectivity index (χ1n) is 8.77. The number of fused-ring (bicyclic) bond motifs is 1. The number of carbonyl (C=O) groups is 3. The smallest absolute Gasteiger partial charge is 0.265 e. The average molecular weight is 385 g/mol. The molecule has 3 amide bonds. The number of carbonyl (C=O) groups excluding carboxylic acids is 3. The standard InChI is InChI=1S/C20H20FN3O4/c1-12(2)22-18(25)10-24-16-8-13(6-7-17(16)28-11-19(24)26)20(27)23-15-5-3-4-14(21)9-15/h3-9,12H,10-11H2,1-2H3,(H,22,25)(H,23,27). The predicted molar refractivity (Wildman–Crippen MR) is 102 cm³/mol. The van der Waals surface area contributed by atoms with Crippen LogP contribution in [-0.2, 0) is 9.59 Å². The molecular formula is C20H20FN3O4. The van der Waals surface area contributed by atoms with Gasteiger partial charge in [0, 0.05) is 17.3 Å². The summed E-state index contributed by atoms with van der Waals surface area (Å²) >= 11 is 0. The Morgan fingerprint density at radius 3 is 2.71 bits per heavy atom. The maximum absolute atomic E-state index is 13.3. The number of amides is 3. The van der Waals surface area contributed by atoms with Gasteiger partial charge >= 0.3 is 0 Å². The highest BCUT2D eigenvalue weighted by atomic mass is 19.1. The molecule has 2 aromatic rings. The fraction of sp³-hybridized carbons (Fsp3) is 0.250. The van der Waals surface area contributed by atoms with E-state index in [4.69, 9.17) is 4.74 Å². The molecule has 0 spiro atoms. The van der Waals surface area contributed by atoms with Crippen LogP contribution in [0.1, 0.15) is 24.2 Å². The number of hydrogen-bond donors (Lipinski definition) is 2. The Kier molecular flexibility index (Phi) is 5.58. The highest BCUT2D eigenvalue weighted by Crippen LogP contribution is 2.33. The quantitative estimate of drug-likeness (QED) is 0.827. The Morgan fingerprint density at radius 1 is 1.21 bits per heavy atom. The number of halogens is 1. The van der Waals surface area contributed by atoms with Crippen molar-refractivity contribution in [2.45, 2.75) is 19.9 Å². The molecule has 2 N–H and O–H groups in total. The molecule has 0 saturated carbocycles. The Labute approximate surface area is 161 Å². The van der Waals surface area contributed by atoms with E-state index in [1.165, 1.54) is 35.2 Å². The number of nitrogens with one attached hydrogen (secondary N) is 2. The van der Waals surface area contributed by atoms with Crippen LogP contribution >= 0.6 is 0 Å². The molecule has 0 aliphatic carbocycles. The summed E-state index contributed by atoms with van der Waals surface area (Å²) in [5, 5.41) is 5.32. The first kappa shape index (κ1) is 19.3. The third kappa shape index (κ3) is 4.46. The molecular weight excluding hydrogens is 365 g/mol. The molecule has 1 aliphatic heterocycles. The molecule has 8 heteroatoms. The molecule has 146 valence electrons. The van der Waals surface area contributed by atoms with E-state index in [1.54, 1.807) is 12.1 Å². The molecule has 0 unspecified atom stereocenters. The van der Waals surface area contributed by atoms with Crippen LogP contribution in [0.4, 0.5) is 15.8 Å². The maximum atomic E-state index is 13.3. The minimum absolute atomic E-state index is 0.0634. The predicted octanol–water partition coefficient (Wildman–Crippen LogP) is 2.33. The topological polar surface area (TPSA) is 87.7 Å². The van der Waals surface area contributed by atoms with E-state index in [-0.39, 0.29) is 36.6 Å². The molecule has 28 heavy (non-hydrogen) atoms. The second-order valence-corrected chi connectivity index (χ2v) is 6.64. The largest absolute Gasteiger partial charge is 0.482 e.